The van der Waals surface area contributed by atoms with Gasteiger partial charge in [-0.3, -0.25) is 0 Å². The van der Waals surface area contributed by atoms with Gasteiger partial charge in [-0.25, -0.2) is 0 Å². The summed E-state index contributed by atoms with van der Waals surface area (Å²) in [6.07, 6.45) is 3.54. The van der Waals surface area contributed by atoms with E-state index in [0.717, 1.165) is 16.8 Å². The molecule has 0 radical (unpaired) electrons. The molecule has 1 saturated carbocycles. The van der Waals surface area contributed by atoms with Crippen molar-refractivity contribution in [1.82, 2.24) is 0 Å². The first-order valence-corrected chi connectivity index (χ1v) is 8.56. The zero-order valence-electron chi connectivity index (χ0n) is 12.7. The Balaban J connectivity index is 1.62. The van der Waals surface area contributed by atoms with E-state index in [0.29, 0.717) is 6.04 Å². The van der Waals surface area contributed by atoms with Crippen molar-refractivity contribution in [3.63, 3.8) is 0 Å². The van der Waals surface area contributed by atoms with Crippen molar-refractivity contribution in [2.24, 2.45) is 0 Å². The highest BCUT2D eigenvalue weighted by Gasteiger charge is 2.30. The van der Waals surface area contributed by atoms with Gasteiger partial charge in [0.15, 0.2) is 0 Å². The van der Waals surface area contributed by atoms with Gasteiger partial charge in [0.05, 0.1) is 0 Å². The maximum atomic E-state index is 3.72. The normalized spacial score (nSPS) is 20.9. The van der Waals surface area contributed by atoms with Crippen molar-refractivity contribution >= 4 is 21.6 Å². The van der Waals surface area contributed by atoms with Crippen LogP contribution in [0, 0.1) is 6.92 Å². The lowest BCUT2D eigenvalue weighted by atomic mass is 9.75. The molecule has 0 aromatic heterocycles. The van der Waals surface area contributed by atoms with Gasteiger partial charge in [0, 0.05) is 16.2 Å². The van der Waals surface area contributed by atoms with Crippen molar-refractivity contribution < 1.29 is 0 Å². The summed E-state index contributed by atoms with van der Waals surface area (Å²) in [6.45, 7) is 4.39. The molecule has 1 fully saturated rings. The summed E-state index contributed by atoms with van der Waals surface area (Å²) >= 11 is 3.55. The fraction of sp³-hybridized carbons (Fsp3) is 0.368. The molecule has 110 valence electrons. The average Bonchev–Trinajstić information content (AvgIpc) is 2.43. The lowest BCUT2D eigenvalue weighted by Crippen LogP contribution is -2.34. The minimum absolute atomic E-state index is 0.613. The molecular formula is C19H22BrN. The minimum Gasteiger partial charge on any atom is -0.382 e. The summed E-state index contributed by atoms with van der Waals surface area (Å²) in [4.78, 5) is 0. The predicted molar refractivity (Wildman–Crippen MR) is 94.1 cm³/mol. The number of hydrogen-bond acceptors (Lipinski definition) is 1. The molecule has 1 nitrogen and oxygen atoms in total. The van der Waals surface area contributed by atoms with E-state index >= 15 is 0 Å². The summed E-state index contributed by atoms with van der Waals surface area (Å²) in [5, 5.41) is 3.72. The van der Waals surface area contributed by atoms with Crippen molar-refractivity contribution in [2.75, 3.05) is 5.32 Å². The molecule has 0 aliphatic heterocycles. The van der Waals surface area contributed by atoms with E-state index in [1.807, 2.05) is 0 Å². The second-order valence-corrected chi connectivity index (χ2v) is 6.99. The summed E-state index contributed by atoms with van der Waals surface area (Å²) in [5.74, 6) is 0.725. The average molecular weight is 344 g/mol. The zero-order valence-corrected chi connectivity index (χ0v) is 14.3. The van der Waals surface area contributed by atoms with Gasteiger partial charge in [0.1, 0.15) is 0 Å². The van der Waals surface area contributed by atoms with Gasteiger partial charge in [-0.2, -0.15) is 0 Å². The molecule has 3 rings (SSSR count). The van der Waals surface area contributed by atoms with Gasteiger partial charge < -0.3 is 5.32 Å². The Hall–Kier alpha value is -1.28. The van der Waals surface area contributed by atoms with Gasteiger partial charge in [-0.1, -0.05) is 52.7 Å². The Morgan fingerprint density at radius 2 is 1.95 bits per heavy atom. The lowest BCUT2D eigenvalue weighted by molar-refractivity contribution is 0.374. The molecular weight excluding hydrogens is 322 g/mol. The van der Waals surface area contributed by atoms with Crippen LogP contribution in [0.1, 0.15) is 42.4 Å². The quantitative estimate of drug-likeness (QED) is 0.753. The first-order valence-electron chi connectivity index (χ1n) is 7.77. The third kappa shape index (κ3) is 3.32. The van der Waals surface area contributed by atoms with Crippen molar-refractivity contribution in [3.8, 4) is 0 Å². The smallest absolute Gasteiger partial charge is 0.0375 e. The molecule has 1 N–H and O–H groups in total. The number of nitrogens with one attached hydrogen (secondary N) is 1. The number of hydrogen-bond donors (Lipinski definition) is 1. The van der Waals surface area contributed by atoms with Crippen LogP contribution in [0.25, 0.3) is 0 Å². The van der Waals surface area contributed by atoms with Crippen LogP contribution >= 0.6 is 15.9 Å². The lowest BCUT2D eigenvalue weighted by Gasteiger charge is -2.37. The van der Waals surface area contributed by atoms with Crippen molar-refractivity contribution in [2.45, 2.75) is 45.1 Å². The summed E-state index contributed by atoms with van der Waals surface area (Å²) in [5.41, 5.74) is 5.56. The highest BCUT2D eigenvalue weighted by molar-refractivity contribution is 9.10. The van der Waals surface area contributed by atoms with E-state index in [2.05, 4.69) is 77.6 Å². The zero-order chi connectivity index (χ0) is 14.8. The van der Waals surface area contributed by atoms with Gasteiger partial charge in [-0.15, -0.1) is 0 Å². The summed E-state index contributed by atoms with van der Waals surface area (Å²) < 4.78 is 1.16. The number of anilines is 1. The SMILES string of the molecule is CCc1cc(Br)ccc1NC1CC(c2cccc(C)c2)C1. The Morgan fingerprint density at radius 1 is 1.14 bits per heavy atom. The van der Waals surface area contributed by atoms with Crippen LogP contribution in [-0.2, 0) is 6.42 Å². The van der Waals surface area contributed by atoms with Crippen LogP contribution in [0.4, 0.5) is 5.69 Å². The van der Waals surface area contributed by atoms with Gasteiger partial charge >= 0.3 is 0 Å². The number of rotatable bonds is 4. The van der Waals surface area contributed by atoms with Crippen LogP contribution in [0.5, 0.6) is 0 Å². The van der Waals surface area contributed by atoms with Crippen LogP contribution in [0.2, 0.25) is 0 Å². The Bertz CT molecular complexity index is 629. The Labute approximate surface area is 135 Å². The predicted octanol–water partition coefficient (Wildman–Crippen LogP) is 5.68. The molecule has 2 aromatic rings. The van der Waals surface area contributed by atoms with Gasteiger partial charge in [0.25, 0.3) is 0 Å². The number of benzene rings is 2. The van der Waals surface area contributed by atoms with Crippen LogP contribution in [-0.4, -0.2) is 6.04 Å². The largest absolute Gasteiger partial charge is 0.382 e. The van der Waals surface area contributed by atoms with Crippen LogP contribution in [0.3, 0.4) is 0 Å². The highest BCUT2D eigenvalue weighted by atomic mass is 79.9. The Kier molecular flexibility index (Phi) is 4.34. The standard InChI is InChI=1S/C19H22BrN/c1-3-14-10-17(20)7-8-19(14)21-18-11-16(12-18)15-6-4-5-13(2)9-15/h4-10,16,18,21H,3,11-12H2,1-2H3. The molecule has 2 aromatic carbocycles. The molecule has 0 spiro atoms. The van der Waals surface area contributed by atoms with E-state index in [1.165, 1.54) is 35.2 Å². The molecule has 0 heterocycles. The van der Waals surface area contributed by atoms with Crippen LogP contribution < -0.4 is 5.32 Å². The monoisotopic (exact) mass is 343 g/mol. The maximum Gasteiger partial charge on any atom is 0.0375 e. The third-order valence-electron chi connectivity index (χ3n) is 4.46. The second-order valence-electron chi connectivity index (χ2n) is 6.08. The van der Waals surface area contributed by atoms with Gasteiger partial charge in [0.2, 0.25) is 0 Å². The van der Waals surface area contributed by atoms with E-state index in [1.54, 1.807) is 0 Å². The van der Waals surface area contributed by atoms with Gasteiger partial charge in [-0.05, 0) is 61.4 Å². The molecule has 0 saturated heterocycles. The van der Waals surface area contributed by atoms with E-state index < -0.39 is 0 Å². The van der Waals surface area contributed by atoms with E-state index in [9.17, 15) is 0 Å². The molecule has 0 unspecified atom stereocenters. The topological polar surface area (TPSA) is 12.0 Å². The molecule has 0 amide bonds. The third-order valence-corrected chi connectivity index (χ3v) is 4.95. The highest BCUT2D eigenvalue weighted by Crippen LogP contribution is 2.39. The first kappa shape index (κ1) is 14.6. The van der Waals surface area contributed by atoms with Crippen molar-refractivity contribution in [3.05, 3.63) is 63.6 Å². The summed E-state index contributed by atoms with van der Waals surface area (Å²) in [7, 11) is 0. The maximum absolute atomic E-state index is 3.72. The molecule has 0 atom stereocenters. The molecule has 1 aliphatic carbocycles. The fourth-order valence-electron chi connectivity index (χ4n) is 3.15. The molecule has 21 heavy (non-hydrogen) atoms. The second kappa shape index (κ2) is 6.23. The van der Waals surface area contributed by atoms with Crippen LogP contribution in [0.15, 0.2) is 46.9 Å². The number of halogens is 1. The molecule has 2 heteroatoms. The van der Waals surface area contributed by atoms with E-state index in [-0.39, 0.29) is 0 Å². The fourth-order valence-corrected chi connectivity index (χ4v) is 3.56. The van der Waals surface area contributed by atoms with E-state index in [4.69, 9.17) is 0 Å². The van der Waals surface area contributed by atoms with Crippen molar-refractivity contribution in [1.29, 1.82) is 0 Å². The Morgan fingerprint density at radius 3 is 2.67 bits per heavy atom. The first-order chi connectivity index (χ1) is 10.2. The minimum atomic E-state index is 0.613. The summed E-state index contributed by atoms with van der Waals surface area (Å²) in [6, 6.07) is 16.1. The molecule has 1 aliphatic rings. The molecule has 0 bridgehead atoms. The number of aryl methyl sites for hydroxylation is 2.